The number of amides is 2. The topological polar surface area (TPSA) is 52.7 Å². The average molecular weight is 407 g/mol. The normalized spacial score (nSPS) is 19.0. The summed E-state index contributed by atoms with van der Waals surface area (Å²) in [5.41, 5.74) is 0.453. The number of nitrogens with zero attached hydrogens (tertiary/aromatic N) is 2. The van der Waals surface area contributed by atoms with E-state index in [1.165, 1.54) is 0 Å². The summed E-state index contributed by atoms with van der Waals surface area (Å²) in [6, 6.07) is 4.88. The molecule has 2 aliphatic heterocycles. The van der Waals surface area contributed by atoms with Crippen molar-refractivity contribution in [1.29, 1.82) is 0 Å². The van der Waals surface area contributed by atoms with Crippen molar-refractivity contribution in [2.45, 2.75) is 6.92 Å². The van der Waals surface area contributed by atoms with Crippen LogP contribution in [0.1, 0.15) is 17.3 Å². The summed E-state index contributed by atoms with van der Waals surface area (Å²) in [6.07, 6.45) is 0. The third-order valence-electron chi connectivity index (χ3n) is 4.95. The Morgan fingerprint density at radius 3 is 2.24 bits per heavy atom. The van der Waals surface area contributed by atoms with Crippen molar-refractivity contribution in [3.8, 4) is 0 Å². The first-order valence-electron chi connectivity index (χ1n) is 8.21. The SMILES string of the molecule is CC(C(=O)N1CCN(C(=O)c2ccc(Cl)cc2Cl)CC1)C1CNC1.Cl. The van der Waals surface area contributed by atoms with Crippen LogP contribution in [0, 0.1) is 11.8 Å². The van der Waals surface area contributed by atoms with Gasteiger partial charge in [0.15, 0.2) is 0 Å². The zero-order valence-electron chi connectivity index (χ0n) is 14.0. The van der Waals surface area contributed by atoms with Crippen molar-refractivity contribution >= 4 is 47.4 Å². The summed E-state index contributed by atoms with van der Waals surface area (Å²) >= 11 is 12.0. The van der Waals surface area contributed by atoms with Gasteiger partial charge in [0.2, 0.25) is 5.91 Å². The van der Waals surface area contributed by atoms with Crippen LogP contribution in [0.25, 0.3) is 0 Å². The van der Waals surface area contributed by atoms with Gasteiger partial charge < -0.3 is 15.1 Å². The van der Waals surface area contributed by atoms with Crippen molar-refractivity contribution in [2.24, 2.45) is 11.8 Å². The molecule has 0 aromatic heterocycles. The molecule has 25 heavy (non-hydrogen) atoms. The molecule has 1 unspecified atom stereocenters. The Labute approximate surface area is 164 Å². The van der Waals surface area contributed by atoms with E-state index in [2.05, 4.69) is 5.32 Å². The van der Waals surface area contributed by atoms with Crippen LogP contribution in [0.2, 0.25) is 10.0 Å². The minimum atomic E-state index is -0.111. The molecule has 2 fully saturated rings. The van der Waals surface area contributed by atoms with E-state index in [-0.39, 0.29) is 30.1 Å². The lowest BCUT2D eigenvalue weighted by atomic mass is 9.88. The number of carbonyl (C=O) groups excluding carboxylic acids is 2. The number of hydrogen-bond acceptors (Lipinski definition) is 3. The van der Waals surface area contributed by atoms with Crippen molar-refractivity contribution in [2.75, 3.05) is 39.3 Å². The fraction of sp³-hybridized carbons (Fsp3) is 0.529. The number of benzene rings is 1. The van der Waals surface area contributed by atoms with E-state index < -0.39 is 0 Å². The highest BCUT2D eigenvalue weighted by molar-refractivity contribution is 6.36. The van der Waals surface area contributed by atoms with Gasteiger partial charge in [-0.3, -0.25) is 9.59 Å². The maximum Gasteiger partial charge on any atom is 0.255 e. The molecule has 1 aromatic carbocycles. The van der Waals surface area contributed by atoms with E-state index in [0.29, 0.717) is 47.7 Å². The molecular weight excluding hydrogens is 385 g/mol. The van der Waals surface area contributed by atoms with E-state index in [9.17, 15) is 9.59 Å². The number of halogens is 3. The van der Waals surface area contributed by atoms with Crippen LogP contribution in [0.3, 0.4) is 0 Å². The smallest absolute Gasteiger partial charge is 0.255 e. The highest BCUT2D eigenvalue weighted by Crippen LogP contribution is 2.23. The van der Waals surface area contributed by atoms with Crippen molar-refractivity contribution in [3.05, 3.63) is 33.8 Å². The van der Waals surface area contributed by atoms with Gasteiger partial charge in [-0.15, -0.1) is 12.4 Å². The van der Waals surface area contributed by atoms with Gasteiger partial charge in [0, 0.05) is 37.1 Å². The lowest BCUT2D eigenvalue weighted by molar-refractivity contribution is -0.138. The Bertz CT molecular complexity index is 644. The molecule has 5 nitrogen and oxygen atoms in total. The molecule has 0 aliphatic carbocycles. The van der Waals surface area contributed by atoms with Crippen molar-refractivity contribution in [1.82, 2.24) is 15.1 Å². The second-order valence-electron chi connectivity index (χ2n) is 6.45. The van der Waals surface area contributed by atoms with E-state index in [4.69, 9.17) is 23.2 Å². The highest BCUT2D eigenvalue weighted by Gasteiger charge is 2.33. The molecule has 1 N–H and O–H groups in total. The Hall–Kier alpha value is -1.01. The van der Waals surface area contributed by atoms with Crippen LogP contribution >= 0.6 is 35.6 Å². The van der Waals surface area contributed by atoms with Crippen LogP contribution in [0.4, 0.5) is 0 Å². The standard InChI is InChI=1S/C17H21Cl2N3O2.ClH/c1-11(12-9-20-10-12)16(23)21-4-6-22(7-5-21)17(24)14-3-2-13(18)8-15(14)19;/h2-3,8,11-12,20H,4-7,9-10H2,1H3;1H. The van der Waals surface area contributed by atoms with Gasteiger partial charge in [-0.05, 0) is 37.2 Å². The number of hydrogen-bond donors (Lipinski definition) is 1. The molecule has 0 radical (unpaired) electrons. The highest BCUT2D eigenvalue weighted by atomic mass is 35.5. The van der Waals surface area contributed by atoms with Crippen LogP contribution in [-0.2, 0) is 4.79 Å². The van der Waals surface area contributed by atoms with Gasteiger partial charge in [0.1, 0.15) is 0 Å². The van der Waals surface area contributed by atoms with E-state index in [0.717, 1.165) is 13.1 Å². The zero-order valence-corrected chi connectivity index (χ0v) is 16.3. The molecule has 1 aromatic rings. The van der Waals surface area contributed by atoms with E-state index >= 15 is 0 Å². The fourth-order valence-electron chi connectivity index (χ4n) is 3.12. The predicted octanol–water partition coefficient (Wildman–Crippen LogP) is 2.56. The third kappa shape index (κ3) is 4.40. The van der Waals surface area contributed by atoms with Crippen molar-refractivity contribution < 1.29 is 9.59 Å². The molecule has 3 rings (SSSR count). The van der Waals surface area contributed by atoms with Gasteiger partial charge >= 0.3 is 0 Å². The van der Waals surface area contributed by atoms with Gasteiger partial charge in [0.05, 0.1) is 10.6 Å². The fourth-order valence-corrected chi connectivity index (χ4v) is 3.61. The van der Waals surface area contributed by atoms with Crippen LogP contribution in [0.5, 0.6) is 0 Å². The van der Waals surface area contributed by atoms with Gasteiger partial charge in [0.25, 0.3) is 5.91 Å². The van der Waals surface area contributed by atoms with Gasteiger partial charge in [-0.25, -0.2) is 0 Å². The van der Waals surface area contributed by atoms with E-state index in [1.54, 1.807) is 23.1 Å². The van der Waals surface area contributed by atoms with Crippen LogP contribution in [0.15, 0.2) is 18.2 Å². The molecular formula is C17H22Cl3N3O2. The number of nitrogens with one attached hydrogen (secondary N) is 1. The second kappa shape index (κ2) is 8.58. The maximum atomic E-state index is 12.6. The largest absolute Gasteiger partial charge is 0.339 e. The van der Waals surface area contributed by atoms with Crippen LogP contribution in [-0.4, -0.2) is 60.9 Å². The number of piperazine rings is 1. The molecule has 1 atom stereocenters. The Morgan fingerprint density at radius 1 is 1.12 bits per heavy atom. The average Bonchev–Trinajstić information content (AvgIpc) is 2.52. The second-order valence-corrected chi connectivity index (χ2v) is 7.29. The lowest BCUT2D eigenvalue weighted by Crippen LogP contribution is -2.55. The molecule has 2 heterocycles. The minimum absolute atomic E-state index is 0. The quantitative estimate of drug-likeness (QED) is 0.839. The van der Waals surface area contributed by atoms with Crippen LogP contribution < -0.4 is 5.32 Å². The van der Waals surface area contributed by atoms with E-state index in [1.807, 2.05) is 11.8 Å². The lowest BCUT2D eigenvalue weighted by Gasteiger charge is -2.39. The number of carbonyl (C=O) groups is 2. The van der Waals surface area contributed by atoms with Gasteiger partial charge in [-0.2, -0.15) is 0 Å². The summed E-state index contributed by atoms with van der Waals surface area (Å²) in [6.45, 7) is 6.03. The predicted molar refractivity (Wildman–Crippen MR) is 102 cm³/mol. The molecule has 8 heteroatoms. The molecule has 138 valence electrons. The third-order valence-corrected chi connectivity index (χ3v) is 5.50. The molecule has 2 saturated heterocycles. The van der Waals surface area contributed by atoms with Gasteiger partial charge in [-0.1, -0.05) is 30.1 Å². The maximum absolute atomic E-state index is 12.6. The Morgan fingerprint density at radius 2 is 1.72 bits per heavy atom. The Balaban J connectivity index is 0.00000225. The molecule has 0 spiro atoms. The zero-order chi connectivity index (χ0) is 17.3. The summed E-state index contributed by atoms with van der Waals surface area (Å²) in [5, 5.41) is 4.07. The summed E-state index contributed by atoms with van der Waals surface area (Å²) < 4.78 is 0. The summed E-state index contributed by atoms with van der Waals surface area (Å²) in [4.78, 5) is 28.7. The Kier molecular flexibility index (Phi) is 6.97. The minimum Gasteiger partial charge on any atom is -0.339 e. The number of rotatable bonds is 3. The summed E-state index contributed by atoms with van der Waals surface area (Å²) in [7, 11) is 0. The summed E-state index contributed by atoms with van der Waals surface area (Å²) in [5.74, 6) is 0.558. The van der Waals surface area contributed by atoms with Crippen molar-refractivity contribution in [3.63, 3.8) is 0 Å². The monoisotopic (exact) mass is 405 g/mol. The molecule has 0 saturated carbocycles. The first-order valence-corrected chi connectivity index (χ1v) is 8.97. The molecule has 2 amide bonds. The molecule has 0 bridgehead atoms. The molecule has 2 aliphatic rings. The first-order chi connectivity index (χ1) is 11.5. The first kappa shape index (κ1) is 20.3.